The van der Waals surface area contributed by atoms with E-state index in [-0.39, 0.29) is 0 Å². The van der Waals surface area contributed by atoms with Gasteiger partial charge in [-0.15, -0.1) is 11.3 Å². The van der Waals surface area contributed by atoms with Gasteiger partial charge in [-0.25, -0.2) is 0 Å². The third kappa shape index (κ3) is 5.31. The molecule has 1 aromatic rings. The van der Waals surface area contributed by atoms with Crippen molar-refractivity contribution in [3.63, 3.8) is 0 Å². The molecule has 0 amide bonds. The Morgan fingerprint density at radius 2 is 2.39 bits per heavy atom. The number of likely N-dealkylation sites (N-methyl/N-ethyl adjacent to an activating group) is 1. The molecule has 0 aromatic carbocycles. The highest BCUT2D eigenvalue weighted by atomic mass is 32.2. The molecule has 0 spiro atoms. The van der Waals surface area contributed by atoms with E-state index < -0.39 is 0 Å². The molecule has 1 atom stereocenters. The van der Waals surface area contributed by atoms with Gasteiger partial charge in [-0.3, -0.25) is 4.99 Å². The summed E-state index contributed by atoms with van der Waals surface area (Å²) < 4.78 is 0. The van der Waals surface area contributed by atoms with E-state index in [9.17, 15) is 0 Å². The lowest BCUT2D eigenvalue weighted by atomic mass is 10.3. The molecule has 0 aliphatic rings. The zero-order valence-corrected chi connectivity index (χ0v) is 13.3. The van der Waals surface area contributed by atoms with Crippen molar-refractivity contribution in [2.24, 2.45) is 4.99 Å². The van der Waals surface area contributed by atoms with Crippen LogP contribution in [0.2, 0.25) is 0 Å². The smallest absolute Gasteiger partial charge is 0.193 e. The molecule has 0 aliphatic carbocycles. The number of hydrogen-bond donors (Lipinski definition) is 1. The van der Waals surface area contributed by atoms with Gasteiger partial charge in [0.25, 0.3) is 0 Å². The van der Waals surface area contributed by atoms with Crippen LogP contribution in [-0.2, 0) is 6.42 Å². The molecular weight excluding hydrogens is 262 g/mol. The van der Waals surface area contributed by atoms with Crippen molar-refractivity contribution in [3.8, 4) is 0 Å². The van der Waals surface area contributed by atoms with E-state index in [1.54, 1.807) is 0 Å². The van der Waals surface area contributed by atoms with Crippen LogP contribution in [0.25, 0.3) is 0 Å². The second-order valence-electron chi connectivity index (χ2n) is 4.23. The second-order valence-corrected chi connectivity index (χ2v) is 6.53. The minimum atomic E-state index is 0.604. The molecular formula is C13H23N3S2. The molecule has 1 aromatic heterocycles. The predicted molar refractivity (Wildman–Crippen MR) is 85.0 cm³/mol. The van der Waals surface area contributed by atoms with E-state index in [2.05, 4.69) is 52.9 Å². The van der Waals surface area contributed by atoms with Crippen molar-refractivity contribution in [2.45, 2.75) is 18.6 Å². The van der Waals surface area contributed by atoms with Crippen molar-refractivity contribution in [1.82, 2.24) is 10.2 Å². The quantitative estimate of drug-likeness (QED) is 0.643. The molecule has 0 saturated carbocycles. The maximum absolute atomic E-state index is 4.32. The van der Waals surface area contributed by atoms with E-state index in [1.165, 1.54) is 4.88 Å². The molecule has 0 saturated heterocycles. The molecule has 0 aliphatic heterocycles. The van der Waals surface area contributed by atoms with Gasteiger partial charge in [-0.1, -0.05) is 13.0 Å². The highest BCUT2D eigenvalue weighted by molar-refractivity contribution is 7.99. The number of nitrogens with zero attached hydrogens (tertiary/aromatic N) is 2. The second kappa shape index (κ2) is 8.43. The Balaban J connectivity index is 2.35. The molecule has 3 nitrogen and oxygen atoms in total. The SMILES string of the molecule is CN=C(NCC(C)SC)N(C)CCc1cccs1. The van der Waals surface area contributed by atoms with Gasteiger partial charge in [0.15, 0.2) is 5.96 Å². The van der Waals surface area contributed by atoms with E-state index >= 15 is 0 Å². The summed E-state index contributed by atoms with van der Waals surface area (Å²) >= 11 is 3.68. The molecule has 5 heteroatoms. The molecule has 0 fully saturated rings. The van der Waals surface area contributed by atoms with Crippen LogP contribution in [0.15, 0.2) is 22.5 Å². The number of rotatable bonds is 6. The van der Waals surface area contributed by atoms with Gasteiger partial charge in [0, 0.05) is 37.3 Å². The van der Waals surface area contributed by atoms with Gasteiger partial charge in [0.1, 0.15) is 0 Å². The van der Waals surface area contributed by atoms with Gasteiger partial charge in [0.05, 0.1) is 0 Å². The van der Waals surface area contributed by atoms with Gasteiger partial charge < -0.3 is 10.2 Å². The Morgan fingerprint density at radius 3 is 2.94 bits per heavy atom. The Bertz CT molecular complexity index is 349. The summed E-state index contributed by atoms with van der Waals surface area (Å²) in [7, 11) is 3.93. The number of aliphatic imine (C=N–C) groups is 1. The van der Waals surface area contributed by atoms with Crippen molar-refractivity contribution >= 4 is 29.1 Å². The molecule has 1 unspecified atom stereocenters. The maximum Gasteiger partial charge on any atom is 0.193 e. The van der Waals surface area contributed by atoms with E-state index in [1.807, 2.05) is 30.1 Å². The first-order valence-electron chi connectivity index (χ1n) is 6.14. The van der Waals surface area contributed by atoms with E-state index in [0.29, 0.717) is 5.25 Å². The first kappa shape index (κ1) is 15.4. The highest BCUT2D eigenvalue weighted by Gasteiger charge is 2.07. The van der Waals surface area contributed by atoms with Crippen LogP contribution in [0, 0.1) is 0 Å². The summed E-state index contributed by atoms with van der Waals surface area (Å²) in [5.74, 6) is 0.979. The molecule has 1 heterocycles. The number of nitrogens with one attached hydrogen (secondary N) is 1. The third-order valence-electron chi connectivity index (χ3n) is 2.80. The summed E-state index contributed by atoms with van der Waals surface area (Å²) in [6.45, 7) is 4.17. The number of thiophene rings is 1. The van der Waals surface area contributed by atoms with Crippen molar-refractivity contribution in [2.75, 3.05) is 33.4 Å². The summed E-state index contributed by atoms with van der Waals surface area (Å²) in [6.07, 6.45) is 3.21. The largest absolute Gasteiger partial charge is 0.355 e. The zero-order valence-electron chi connectivity index (χ0n) is 11.6. The summed E-state index contributed by atoms with van der Waals surface area (Å²) in [4.78, 5) is 7.93. The minimum absolute atomic E-state index is 0.604. The number of thioether (sulfide) groups is 1. The number of guanidine groups is 1. The maximum atomic E-state index is 4.32. The van der Waals surface area contributed by atoms with Crippen LogP contribution in [0.4, 0.5) is 0 Å². The fraction of sp³-hybridized carbons (Fsp3) is 0.615. The fourth-order valence-electron chi connectivity index (χ4n) is 1.54. The monoisotopic (exact) mass is 285 g/mol. The van der Waals surface area contributed by atoms with Crippen LogP contribution in [-0.4, -0.2) is 49.6 Å². The fourth-order valence-corrected chi connectivity index (χ4v) is 2.49. The first-order chi connectivity index (χ1) is 8.67. The Labute approximate surface area is 119 Å². The van der Waals surface area contributed by atoms with Crippen LogP contribution in [0.3, 0.4) is 0 Å². The Hall–Kier alpha value is -0.680. The molecule has 0 radical (unpaired) electrons. The summed E-state index contributed by atoms with van der Waals surface area (Å²) in [6, 6.07) is 4.29. The summed E-state index contributed by atoms with van der Waals surface area (Å²) in [5.41, 5.74) is 0. The zero-order chi connectivity index (χ0) is 13.4. The average molecular weight is 285 g/mol. The Kier molecular flexibility index (Phi) is 7.20. The van der Waals surface area contributed by atoms with Gasteiger partial charge in [-0.2, -0.15) is 11.8 Å². The van der Waals surface area contributed by atoms with E-state index in [4.69, 9.17) is 0 Å². The highest BCUT2D eigenvalue weighted by Crippen LogP contribution is 2.09. The topological polar surface area (TPSA) is 27.6 Å². The molecule has 18 heavy (non-hydrogen) atoms. The van der Waals surface area contributed by atoms with Gasteiger partial charge in [-0.05, 0) is 24.1 Å². The van der Waals surface area contributed by atoms with Crippen molar-refractivity contribution in [1.29, 1.82) is 0 Å². The standard InChI is InChI=1S/C13H23N3S2/c1-11(17-4)10-15-13(14-2)16(3)8-7-12-6-5-9-18-12/h5-6,9,11H,7-8,10H2,1-4H3,(H,14,15). The van der Waals surface area contributed by atoms with Crippen LogP contribution in [0.5, 0.6) is 0 Å². The van der Waals surface area contributed by atoms with Crippen LogP contribution < -0.4 is 5.32 Å². The van der Waals surface area contributed by atoms with E-state index in [0.717, 1.165) is 25.5 Å². The normalized spacial score (nSPS) is 13.4. The van der Waals surface area contributed by atoms with Gasteiger partial charge in [0.2, 0.25) is 0 Å². The molecule has 102 valence electrons. The molecule has 0 bridgehead atoms. The molecule has 1 rings (SSSR count). The lowest BCUT2D eigenvalue weighted by Gasteiger charge is -2.23. The van der Waals surface area contributed by atoms with Crippen molar-refractivity contribution in [3.05, 3.63) is 22.4 Å². The van der Waals surface area contributed by atoms with Crippen LogP contribution in [0.1, 0.15) is 11.8 Å². The predicted octanol–water partition coefficient (Wildman–Crippen LogP) is 2.55. The third-order valence-corrected chi connectivity index (χ3v) is 4.70. The first-order valence-corrected chi connectivity index (χ1v) is 8.31. The van der Waals surface area contributed by atoms with Crippen LogP contribution >= 0.6 is 23.1 Å². The minimum Gasteiger partial charge on any atom is -0.355 e. The Morgan fingerprint density at radius 1 is 1.61 bits per heavy atom. The number of hydrogen-bond acceptors (Lipinski definition) is 3. The lowest BCUT2D eigenvalue weighted by Crippen LogP contribution is -2.42. The molecule has 1 N–H and O–H groups in total. The van der Waals surface area contributed by atoms with Gasteiger partial charge >= 0.3 is 0 Å². The van der Waals surface area contributed by atoms with Crippen molar-refractivity contribution < 1.29 is 0 Å². The average Bonchev–Trinajstić information content (AvgIpc) is 2.89. The lowest BCUT2D eigenvalue weighted by molar-refractivity contribution is 0.487. The summed E-state index contributed by atoms with van der Waals surface area (Å²) in [5, 5.41) is 6.14.